The SMILES string of the molecule is CC(C)(C)C(=O)OC1C=Cc2ccccc21.[Zr]. The van der Waals surface area contributed by atoms with Gasteiger partial charge in [-0.05, 0) is 32.4 Å². The normalized spacial score (nSPS) is 17.2. The molecule has 0 bridgehead atoms. The van der Waals surface area contributed by atoms with Crippen molar-refractivity contribution in [3.63, 3.8) is 0 Å². The van der Waals surface area contributed by atoms with E-state index in [0.717, 1.165) is 11.1 Å². The van der Waals surface area contributed by atoms with Gasteiger partial charge in [0, 0.05) is 31.8 Å². The molecule has 0 aliphatic heterocycles. The number of carbonyl (C=O) groups excluding carboxylic acids is 1. The molecule has 88 valence electrons. The fourth-order valence-corrected chi connectivity index (χ4v) is 1.61. The minimum atomic E-state index is -0.453. The number of rotatable bonds is 1. The average molecular weight is 308 g/mol. The van der Waals surface area contributed by atoms with Crippen molar-refractivity contribution in [2.45, 2.75) is 26.9 Å². The van der Waals surface area contributed by atoms with Crippen molar-refractivity contribution in [1.82, 2.24) is 0 Å². The van der Waals surface area contributed by atoms with Gasteiger partial charge < -0.3 is 4.74 Å². The summed E-state index contributed by atoms with van der Waals surface area (Å²) in [5, 5.41) is 0. The molecule has 1 atom stereocenters. The number of hydrogen-bond acceptors (Lipinski definition) is 2. The topological polar surface area (TPSA) is 26.3 Å². The van der Waals surface area contributed by atoms with Crippen molar-refractivity contribution in [2.75, 3.05) is 0 Å². The van der Waals surface area contributed by atoms with Crippen LogP contribution in [0.2, 0.25) is 0 Å². The molecule has 0 heterocycles. The van der Waals surface area contributed by atoms with Gasteiger partial charge in [-0.25, -0.2) is 0 Å². The summed E-state index contributed by atoms with van der Waals surface area (Å²) in [5.74, 6) is -0.168. The Balaban J connectivity index is 0.00000144. The maximum absolute atomic E-state index is 11.8. The zero-order chi connectivity index (χ0) is 11.8. The fraction of sp³-hybridized carbons (Fsp3) is 0.357. The summed E-state index contributed by atoms with van der Waals surface area (Å²) < 4.78 is 5.48. The maximum atomic E-state index is 11.8. The van der Waals surface area contributed by atoms with Gasteiger partial charge in [0.1, 0.15) is 6.10 Å². The van der Waals surface area contributed by atoms with E-state index in [4.69, 9.17) is 4.74 Å². The number of hydrogen-bond donors (Lipinski definition) is 0. The molecule has 1 aliphatic carbocycles. The van der Waals surface area contributed by atoms with Crippen LogP contribution in [-0.4, -0.2) is 5.97 Å². The van der Waals surface area contributed by atoms with Crippen molar-refractivity contribution < 1.29 is 35.7 Å². The summed E-state index contributed by atoms with van der Waals surface area (Å²) in [6.07, 6.45) is 3.70. The van der Waals surface area contributed by atoms with Gasteiger partial charge in [0.15, 0.2) is 0 Å². The zero-order valence-corrected chi connectivity index (χ0v) is 12.8. The molecule has 1 aliphatic rings. The third kappa shape index (κ3) is 3.16. The van der Waals surface area contributed by atoms with E-state index in [-0.39, 0.29) is 38.3 Å². The predicted octanol–water partition coefficient (Wildman–Crippen LogP) is 3.34. The summed E-state index contributed by atoms with van der Waals surface area (Å²) >= 11 is 0. The van der Waals surface area contributed by atoms with Crippen LogP contribution in [0.1, 0.15) is 38.0 Å². The van der Waals surface area contributed by atoms with E-state index in [1.807, 2.05) is 57.2 Å². The van der Waals surface area contributed by atoms with Crippen LogP contribution in [0.3, 0.4) is 0 Å². The molecule has 0 N–H and O–H groups in total. The molecule has 3 heteroatoms. The van der Waals surface area contributed by atoms with Gasteiger partial charge >= 0.3 is 5.97 Å². The van der Waals surface area contributed by atoms with Gasteiger partial charge in [0.2, 0.25) is 0 Å². The quantitative estimate of drug-likeness (QED) is 0.744. The summed E-state index contributed by atoms with van der Waals surface area (Å²) in [7, 11) is 0. The summed E-state index contributed by atoms with van der Waals surface area (Å²) in [4.78, 5) is 11.8. The Kier molecular flexibility index (Phi) is 4.49. The average Bonchev–Trinajstić information content (AvgIpc) is 2.61. The van der Waals surface area contributed by atoms with Gasteiger partial charge in [0.05, 0.1) is 5.41 Å². The first-order valence-electron chi connectivity index (χ1n) is 5.47. The molecular formula is C14H16O2Zr. The van der Waals surface area contributed by atoms with Crippen molar-refractivity contribution in [2.24, 2.45) is 5.41 Å². The maximum Gasteiger partial charge on any atom is 0.312 e. The first kappa shape index (κ1) is 14.4. The third-order valence-electron chi connectivity index (χ3n) is 2.60. The largest absolute Gasteiger partial charge is 0.453 e. The van der Waals surface area contributed by atoms with E-state index in [2.05, 4.69) is 0 Å². The van der Waals surface area contributed by atoms with E-state index < -0.39 is 5.41 Å². The summed E-state index contributed by atoms with van der Waals surface area (Å²) in [6, 6.07) is 7.97. The molecular weight excluding hydrogens is 291 g/mol. The first-order valence-corrected chi connectivity index (χ1v) is 5.47. The Morgan fingerprint density at radius 1 is 1.24 bits per heavy atom. The predicted molar refractivity (Wildman–Crippen MR) is 63.8 cm³/mol. The van der Waals surface area contributed by atoms with Gasteiger partial charge in [-0.1, -0.05) is 30.3 Å². The summed E-state index contributed by atoms with van der Waals surface area (Å²) in [6.45, 7) is 5.58. The number of esters is 1. The van der Waals surface area contributed by atoms with Crippen LogP contribution in [0, 0.1) is 5.41 Å². The second-order valence-corrected chi connectivity index (χ2v) is 5.06. The number of carbonyl (C=O) groups is 1. The second-order valence-electron chi connectivity index (χ2n) is 5.06. The summed E-state index contributed by atoms with van der Waals surface area (Å²) in [5.41, 5.74) is 1.75. The number of fused-ring (bicyclic) bond motifs is 1. The van der Waals surface area contributed by atoms with Crippen LogP contribution in [0.5, 0.6) is 0 Å². The van der Waals surface area contributed by atoms with Crippen LogP contribution < -0.4 is 0 Å². The molecule has 2 nitrogen and oxygen atoms in total. The molecule has 1 aromatic carbocycles. The van der Waals surface area contributed by atoms with Gasteiger partial charge in [-0.3, -0.25) is 4.79 Å². The molecule has 1 unspecified atom stereocenters. The third-order valence-corrected chi connectivity index (χ3v) is 2.60. The van der Waals surface area contributed by atoms with E-state index in [9.17, 15) is 4.79 Å². The molecule has 0 radical (unpaired) electrons. The van der Waals surface area contributed by atoms with Gasteiger partial charge in [-0.2, -0.15) is 0 Å². The Labute approximate surface area is 121 Å². The molecule has 0 amide bonds. The Morgan fingerprint density at radius 3 is 2.53 bits per heavy atom. The Hall–Kier alpha value is -0.687. The molecule has 2 rings (SSSR count). The van der Waals surface area contributed by atoms with Crippen molar-refractivity contribution in [3.05, 3.63) is 41.5 Å². The Bertz CT molecular complexity index is 444. The monoisotopic (exact) mass is 306 g/mol. The molecule has 0 aromatic heterocycles. The number of ether oxygens (including phenoxy) is 1. The minimum Gasteiger partial charge on any atom is -0.453 e. The standard InChI is InChI=1S/C14H16O2.Zr/c1-14(2,3)13(15)16-12-9-8-10-6-4-5-7-11(10)12;/h4-9,12H,1-3H3;. The smallest absolute Gasteiger partial charge is 0.312 e. The molecule has 1 aromatic rings. The van der Waals surface area contributed by atoms with Gasteiger partial charge in [-0.15, -0.1) is 0 Å². The molecule has 0 spiro atoms. The van der Waals surface area contributed by atoms with Crippen molar-refractivity contribution in [1.29, 1.82) is 0 Å². The number of benzene rings is 1. The van der Waals surface area contributed by atoms with E-state index in [1.54, 1.807) is 0 Å². The van der Waals surface area contributed by atoms with Crippen LogP contribution in [0.15, 0.2) is 30.3 Å². The van der Waals surface area contributed by atoms with Gasteiger partial charge in [0.25, 0.3) is 0 Å². The molecule has 17 heavy (non-hydrogen) atoms. The minimum absolute atomic E-state index is 0. The molecule has 0 fully saturated rings. The molecule has 0 saturated carbocycles. The van der Waals surface area contributed by atoms with E-state index in [0.29, 0.717) is 0 Å². The van der Waals surface area contributed by atoms with Crippen LogP contribution in [-0.2, 0) is 35.7 Å². The van der Waals surface area contributed by atoms with Crippen LogP contribution in [0.4, 0.5) is 0 Å². The zero-order valence-electron chi connectivity index (χ0n) is 10.4. The molecule has 0 saturated heterocycles. The second kappa shape index (κ2) is 5.31. The first-order chi connectivity index (χ1) is 7.48. The van der Waals surface area contributed by atoms with Crippen LogP contribution >= 0.6 is 0 Å². The van der Waals surface area contributed by atoms with E-state index in [1.165, 1.54) is 0 Å². The van der Waals surface area contributed by atoms with Crippen molar-refractivity contribution in [3.8, 4) is 0 Å². The van der Waals surface area contributed by atoms with E-state index >= 15 is 0 Å². The Morgan fingerprint density at radius 2 is 1.88 bits per heavy atom. The van der Waals surface area contributed by atoms with Crippen molar-refractivity contribution >= 4 is 12.0 Å². The van der Waals surface area contributed by atoms with Crippen LogP contribution in [0.25, 0.3) is 6.08 Å². The fourth-order valence-electron chi connectivity index (χ4n) is 1.61.